The van der Waals surface area contributed by atoms with Crippen molar-refractivity contribution in [3.05, 3.63) is 95.6 Å². The van der Waals surface area contributed by atoms with Crippen molar-refractivity contribution < 1.29 is 20.1 Å². The molecule has 0 fully saturated rings. The Bertz CT molecular complexity index is 1210. The number of benzene rings is 4. The molecule has 0 saturated heterocycles. The minimum absolute atomic E-state index is 0.190. The van der Waals surface area contributed by atoms with Crippen molar-refractivity contribution in [1.82, 2.24) is 0 Å². The van der Waals surface area contributed by atoms with E-state index < -0.39 is 0 Å². The van der Waals surface area contributed by atoms with E-state index in [1.54, 1.807) is 31.2 Å². The van der Waals surface area contributed by atoms with Gasteiger partial charge in [0.05, 0.1) is 0 Å². The summed E-state index contributed by atoms with van der Waals surface area (Å²) in [6.45, 7) is 5.52. The number of aryl methyl sites for hydroxylation is 2. The Kier molecular flexibility index (Phi) is 5.65. The minimum Gasteiger partial charge on any atom is -0.508 e. The predicted octanol–water partition coefficient (Wildman–Crippen LogP) is 6.99. The molecule has 4 aromatic carbocycles. The first-order valence-electron chi connectivity index (χ1n) is 10.3. The van der Waals surface area contributed by atoms with Crippen LogP contribution in [0.5, 0.6) is 28.7 Å². The highest BCUT2D eigenvalue weighted by Crippen LogP contribution is 2.39. The molecule has 0 radical (unpaired) electrons. The van der Waals surface area contributed by atoms with Crippen LogP contribution in [0.4, 0.5) is 17.1 Å². The van der Waals surface area contributed by atoms with Crippen molar-refractivity contribution in [3.63, 3.8) is 0 Å². The fourth-order valence-corrected chi connectivity index (χ4v) is 3.51. The number of nitrogens with zero attached hydrogens (tertiary/aromatic N) is 1. The largest absolute Gasteiger partial charge is 0.508 e. The fraction of sp³-hybridized carbons (Fsp3) is 0.111. The topological polar surface area (TPSA) is 73.2 Å². The van der Waals surface area contributed by atoms with Gasteiger partial charge in [-0.15, -0.1) is 0 Å². The monoisotopic (exact) mass is 427 g/mol. The minimum atomic E-state index is 0.190. The highest BCUT2D eigenvalue weighted by Gasteiger charge is 2.15. The molecule has 0 atom stereocenters. The Labute approximate surface area is 187 Å². The van der Waals surface area contributed by atoms with Gasteiger partial charge in [-0.25, -0.2) is 0 Å². The standard InChI is InChI=1S/C27H25NO4/c1-17-15-21(9-13-24(17)29)28(22-10-14-25(30)18(2)16-22)20-7-11-23(12-8-20)32-27-6-4-5-26(31)19(27)3/h4-16,29-31H,1-3H3. The Morgan fingerprint density at radius 2 is 1.12 bits per heavy atom. The van der Waals surface area contributed by atoms with Crippen LogP contribution < -0.4 is 9.64 Å². The molecule has 5 nitrogen and oxygen atoms in total. The quantitative estimate of drug-likeness (QED) is 0.320. The summed E-state index contributed by atoms with van der Waals surface area (Å²) in [7, 11) is 0. The van der Waals surface area contributed by atoms with E-state index in [-0.39, 0.29) is 17.2 Å². The first kappa shape index (κ1) is 21.1. The molecule has 5 heteroatoms. The van der Waals surface area contributed by atoms with E-state index in [4.69, 9.17) is 4.74 Å². The second-order valence-corrected chi connectivity index (χ2v) is 7.77. The number of rotatable bonds is 5. The zero-order chi connectivity index (χ0) is 22.8. The van der Waals surface area contributed by atoms with E-state index in [1.165, 1.54) is 0 Å². The molecule has 0 unspecified atom stereocenters. The normalized spacial score (nSPS) is 10.7. The summed E-state index contributed by atoms with van der Waals surface area (Å²) in [5.74, 6) is 1.90. The van der Waals surface area contributed by atoms with Crippen molar-refractivity contribution in [2.75, 3.05) is 4.90 Å². The van der Waals surface area contributed by atoms with Crippen LogP contribution >= 0.6 is 0 Å². The van der Waals surface area contributed by atoms with Crippen molar-refractivity contribution in [3.8, 4) is 28.7 Å². The predicted molar refractivity (Wildman–Crippen MR) is 127 cm³/mol. The molecule has 162 valence electrons. The second kappa shape index (κ2) is 8.55. The highest BCUT2D eigenvalue weighted by molar-refractivity contribution is 5.78. The van der Waals surface area contributed by atoms with Crippen LogP contribution in [-0.4, -0.2) is 15.3 Å². The lowest BCUT2D eigenvalue weighted by atomic mass is 10.1. The number of hydrogen-bond donors (Lipinski definition) is 3. The zero-order valence-electron chi connectivity index (χ0n) is 18.2. The molecular weight excluding hydrogens is 402 g/mol. The van der Waals surface area contributed by atoms with Gasteiger partial charge >= 0.3 is 0 Å². The maximum Gasteiger partial charge on any atom is 0.134 e. The Balaban J connectivity index is 1.73. The number of ether oxygens (including phenoxy) is 1. The van der Waals surface area contributed by atoms with Gasteiger partial charge in [0.2, 0.25) is 0 Å². The molecule has 4 rings (SSSR count). The van der Waals surface area contributed by atoms with Crippen LogP contribution in [0.25, 0.3) is 0 Å². The first-order valence-corrected chi connectivity index (χ1v) is 10.3. The average molecular weight is 428 g/mol. The van der Waals surface area contributed by atoms with Gasteiger partial charge in [-0.05, 0) is 105 Å². The van der Waals surface area contributed by atoms with Crippen molar-refractivity contribution in [1.29, 1.82) is 0 Å². The third kappa shape index (κ3) is 4.18. The third-order valence-electron chi connectivity index (χ3n) is 5.46. The van der Waals surface area contributed by atoms with E-state index in [9.17, 15) is 15.3 Å². The maximum atomic E-state index is 9.98. The third-order valence-corrected chi connectivity index (χ3v) is 5.46. The maximum absolute atomic E-state index is 9.98. The fourth-order valence-electron chi connectivity index (χ4n) is 3.51. The Morgan fingerprint density at radius 1 is 0.594 bits per heavy atom. The summed E-state index contributed by atoms with van der Waals surface area (Å²) in [6.07, 6.45) is 0. The van der Waals surface area contributed by atoms with Crippen molar-refractivity contribution >= 4 is 17.1 Å². The lowest BCUT2D eigenvalue weighted by molar-refractivity contribution is 0.448. The van der Waals surface area contributed by atoms with Crippen molar-refractivity contribution in [2.45, 2.75) is 20.8 Å². The summed E-state index contributed by atoms with van der Waals surface area (Å²) in [6, 6.07) is 23.7. The summed E-state index contributed by atoms with van der Waals surface area (Å²) in [5, 5.41) is 29.9. The summed E-state index contributed by atoms with van der Waals surface area (Å²) in [5.41, 5.74) is 4.85. The molecule has 3 N–H and O–H groups in total. The molecule has 0 aliphatic rings. The van der Waals surface area contributed by atoms with Gasteiger partial charge in [0.15, 0.2) is 0 Å². The van der Waals surface area contributed by atoms with Gasteiger partial charge in [-0.2, -0.15) is 0 Å². The molecule has 0 aliphatic carbocycles. The summed E-state index contributed by atoms with van der Waals surface area (Å²) >= 11 is 0. The molecule has 4 aromatic rings. The molecule has 0 saturated carbocycles. The van der Waals surface area contributed by atoms with Crippen LogP contribution in [0.1, 0.15) is 16.7 Å². The highest BCUT2D eigenvalue weighted by atomic mass is 16.5. The molecule has 0 amide bonds. The SMILES string of the molecule is Cc1cc(N(c2ccc(Oc3cccc(O)c3C)cc2)c2ccc(O)c(C)c2)ccc1O. The average Bonchev–Trinajstić information content (AvgIpc) is 2.78. The molecule has 0 bridgehead atoms. The number of hydrogen-bond acceptors (Lipinski definition) is 5. The number of anilines is 3. The van der Waals surface area contributed by atoms with Gasteiger partial charge in [-0.1, -0.05) is 6.07 Å². The van der Waals surface area contributed by atoms with E-state index in [0.717, 1.165) is 28.2 Å². The van der Waals surface area contributed by atoms with Gasteiger partial charge in [0.1, 0.15) is 28.7 Å². The van der Waals surface area contributed by atoms with Gasteiger partial charge in [0.25, 0.3) is 0 Å². The van der Waals surface area contributed by atoms with Gasteiger partial charge < -0.3 is 25.0 Å². The zero-order valence-corrected chi connectivity index (χ0v) is 18.2. The van der Waals surface area contributed by atoms with Gasteiger partial charge in [-0.3, -0.25) is 0 Å². The smallest absolute Gasteiger partial charge is 0.134 e. The number of phenolic OH excluding ortho intramolecular Hbond substituents is 3. The van der Waals surface area contributed by atoms with Crippen LogP contribution in [0, 0.1) is 20.8 Å². The van der Waals surface area contributed by atoms with E-state index in [1.807, 2.05) is 73.3 Å². The van der Waals surface area contributed by atoms with E-state index in [2.05, 4.69) is 0 Å². The Hall–Kier alpha value is -4.12. The van der Waals surface area contributed by atoms with Crippen LogP contribution in [0.2, 0.25) is 0 Å². The van der Waals surface area contributed by atoms with Crippen molar-refractivity contribution in [2.24, 2.45) is 0 Å². The molecule has 0 aromatic heterocycles. The van der Waals surface area contributed by atoms with Crippen LogP contribution in [0.15, 0.2) is 78.9 Å². The van der Waals surface area contributed by atoms with Gasteiger partial charge in [0, 0.05) is 22.6 Å². The molecule has 0 spiro atoms. The second-order valence-electron chi connectivity index (χ2n) is 7.77. The molecule has 0 heterocycles. The lowest BCUT2D eigenvalue weighted by Gasteiger charge is -2.26. The molecule has 0 aliphatic heterocycles. The number of phenols is 3. The molecular formula is C27H25NO4. The van der Waals surface area contributed by atoms with Crippen LogP contribution in [0.3, 0.4) is 0 Å². The first-order chi connectivity index (χ1) is 15.3. The van der Waals surface area contributed by atoms with Crippen LogP contribution in [-0.2, 0) is 0 Å². The summed E-state index contributed by atoms with van der Waals surface area (Å²) < 4.78 is 5.96. The molecule has 32 heavy (non-hydrogen) atoms. The van der Waals surface area contributed by atoms with E-state index >= 15 is 0 Å². The Morgan fingerprint density at radius 3 is 1.66 bits per heavy atom. The lowest BCUT2D eigenvalue weighted by Crippen LogP contribution is -2.10. The number of aromatic hydroxyl groups is 3. The van der Waals surface area contributed by atoms with E-state index in [0.29, 0.717) is 17.1 Å². The summed E-state index contributed by atoms with van der Waals surface area (Å²) in [4.78, 5) is 2.04.